The lowest BCUT2D eigenvalue weighted by atomic mass is 9.85. The Bertz CT molecular complexity index is 506. The third-order valence-electron chi connectivity index (χ3n) is 3.34. The summed E-state index contributed by atoms with van der Waals surface area (Å²) in [6, 6.07) is 1.46. The molecular formula is C13H17BrN2O2. The van der Waals surface area contributed by atoms with Gasteiger partial charge in [-0.15, -0.1) is 0 Å². The van der Waals surface area contributed by atoms with E-state index in [0.717, 1.165) is 18.5 Å². The Labute approximate surface area is 115 Å². The van der Waals surface area contributed by atoms with Crippen molar-refractivity contribution in [3.8, 4) is 0 Å². The second-order valence-electron chi connectivity index (χ2n) is 5.01. The third kappa shape index (κ3) is 2.83. The van der Waals surface area contributed by atoms with E-state index in [1.165, 1.54) is 12.3 Å². The fraction of sp³-hybridized carbons (Fsp3) is 0.538. The summed E-state index contributed by atoms with van der Waals surface area (Å²) in [4.78, 5) is 29.0. The molecule has 0 unspecified atom stereocenters. The van der Waals surface area contributed by atoms with E-state index >= 15 is 0 Å². The van der Waals surface area contributed by atoms with Crippen molar-refractivity contribution < 1.29 is 4.79 Å². The zero-order valence-corrected chi connectivity index (χ0v) is 12.2. The van der Waals surface area contributed by atoms with E-state index in [9.17, 15) is 9.59 Å². The molecule has 1 fully saturated rings. The van der Waals surface area contributed by atoms with Crippen molar-refractivity contribution in [3.05, 3.63) is 33.7 Å². The average Bonchev–Trinajstić information content (AvgIpc) is 2.26. The van der Waals surface area contributed by atoms with E-state index in [-0.39, 0.29) is 16.9 Å². The van der Waals surface area contributed by atoms with Crippen LogP contribution < -0.4 is 5.43 Å². The van der Waals surface area contributed by atoms with E-state index in [0.29, 0.717) is 17.3 Å². The second-order valence-corrected chi connectivity index (χ2v) is 6.31. The molecule has 1 amide bonds. The van der Waals surface area contributed by atoms with Gasteiger partial charge in [0.05, 0.1) is 0 Å². The zero-order chi connectivity index (χ0) is 13.3. The Morgan fingerprint density at radius 2 is 2.22 bits per heavy atom. The van der Waals surface area contributed by atoms with Gasteiger partial charge in [0, 0.05) is 36.4 Å². The van der Waals surface area contributed by atoms with Crippen molar-refractivity contribution in [2.24, 2.45) is 5.92 Å². The largest absolute Gasteiger partial charge is 0.364 e. The molecule has 98 valence electrons. The number of pyridine rings is 1. The van der Waals surface area contributed by atoms with Crippen LogP contribution in [0.1, 0.15) is 28.9 Å². The summed E-state index contributed by atoms with van der Waals surface area (Å²) in [5, 5.41) is 0. The summed E-state index contributed by atoms with van der Waals surface area (Å²) in [5.74, 6) is 0.349. The number of hydrogen-bond acceptors (Lipinski definition) is 2. The van der Waals surface area contributed by atoms with E-state index in [1.54, 1.807) is 18.9 Å². The van der Waals surface area contributed by atoms with Gasteiger partial charge in [0.2, 0.25) is 0 Å². The molecule has 0 aliphatic heterocycles. The van der Waals surface area contributed by atoms with Crippen LogP contribution in [-0.2, 0) is 0 Å². The van der Waals surface area contributed by atoms with Gasteiger partial charge in [-0.1, -0.05) is 15.9 Å². The number of carbonyl (C=O) groups excluding carboxylic acids is 1. The van der Waals surface area contributed by atoms with Crippen LogP contribution in [0.2, 0.25) is 0 Å². The highest BCUT2D eigenvalue weighted by molar-refractivity contribution is 9.09. The van der Waals surface area contributed by atoms with Gasteiger partial charge in [-0.3, -0.25) is 9.59 Å². The Kier molecular flexibility index (Phi) is 3.90. The molecule has 0 saturated heterocycles. The lowest BCUT2D eigenvalue weighted by Gasteiger charge is -2.34. The Morgan fingerprint density at radius 3 is 2.78 bits per heavy atom. The number of carbonyl (C=O) groups is 1. The van der Waals surface area contributed by atoms with Crippen molar-refractivity contribution in [2.75, 3.05) is 13.6 Å². The number of aromatic amines is 1. The van der Waals surface area contributed by atoms with Crippen LogP contribution in [0.3, 0.4) is 0 Å². The van der Waals surface area contributed by atoms with Gasteiger partial charge in [-0.2, -0.15) is 0 Å². The summed E-state index contributed by atoms with van der Waals surface area (Å²) < 4.78 is 0. The maximum Gasteiger partial charge on any atom is 0.259 e. The molecule has 5 heteroatoms. The first-order valence-electron chi connectivity index (χ1n) is 6.06. The maximum atomic E-state index is 12.1. The van der Waals surface area contributed by atoms with Gasteiger partial charge in [0.15, 0.2) is 5.43 Å². The van der Waals surface area contributed by atoms with Crippen LogP contribution in [0.4, 0.5) is 0 Å². The number of hydrogen-bond donors (Lipinski definition) is 1. The monoisotopic (exact) mass is 312 g/mol. The van der Waals surface area contributed by atoms with Crippen molar-refractivity contribution in [3.63, 3.8) is 0 Å². The van der Waals surface area contributed by atoms with Crippen LogP contribution in [0.15, 0.2) is 17.1 Å². The van der Waals surface area contributed by atoms with Crippen LogP contribution in [0.25, 0.3) is 0 Å². The Balaban J connectivity index is 2.04. The number of amides is 1. The number of nitrogens with one attached hydrogen (secondary N) is 1. The first-order chi connectivity index (χ1) is 8.47. The molecule has 1 aliphatic carbocycles. The molecule has 18 heavy (non-hydrogen) atoms. The smallest absolute Gasteiger partial charge is 0.259 e. The van der Waals surface area contributed by atoms with Crippen molar-refractivity contribution in [1.82, 2.24) is 9.88 Å². The van der Waals surface area contributed by atoms with Crippen molar-refractivity contribution in [1.29, 1.82) is 0 Å². The van der Waals surface area contributed by atoms with Crippen LogP contribution in [0, 0.1) is 12.8 Å². The summed E-state index contributed by atoms with van der Waals surface area (Å²) in [6.07, 6.45) is 3.70. The van der Waals surface area contributed by atoms with Gasteiger partial charge in [-0.05, 0) is 25.7 Å². The van der Waals surface area contributed by atoms with Gasteiger partial charge in [0.1, 0.15) is 5.56 Å². The Hall–Kier alpha value is -1.10. The fourth-order valence-corrected chi connectivity index (χ4v) is 3.28. The summed E-state index contributed by atoms with van der Waals surface area (Å²) in [5.41, 5.74) is 0.771. The van der Waals surface area contributed by atoms with Crippen LogP contribution in [0.5, 0.6) is 0 Å². The molecule has 1 N–H and O–H groups in total. The fourth-order valence-electron chi connectivity index (χ4n) is 2.22. The highest BCUT2D eigenvalue weighted by Gasteiger charge is 2.29. The van der Waals surface area contributed by atoms with Crippen molar-refractivity contribution in [2.45, 2.75) is 24.6 Å². The quantitative estimate of drug-likeness (QED) is 0.867. The molecule has 1 heterocycles. The first-order valence-corrected chi connectivity index (χ1v) is 6.98. The first kappa shape index (κ1) is 13.3. The molecule has 1 saturated carbocycles. The molecule has 0 radical (unpaired) electrons. The maximum absolute atomic E-state index is 12.1. The minimum absolute atomic E-state index is 0.200. The average molecular weight is 313 g/mol. The molecule has 0 bridgehead atoms. The highest BCUT2D eigenvalue weighted by Crippen LogP contribution is 2.33. The topological polar surface area (TPSA) is 53.2 Å². The standard InChI is InChI=1S/C13H17BrN2O2/c1-8-3-12(17)11(6-15-8)13(18)16(2)7-9-4-10(14)5-9/h3,6,9-10H,4-5,7H2,1-2H3,(H,15,17). The minimum Gasteiger partial charge on any atom is -0.364 e. The lowest BCUT2D eigenvalue weighted by molar-refractivity contribution is 0.0747. The van der Waals surface area contributed by atoms with Gasteiger partial charge >= 0.3 is 0 Å². The predicted molar refractivity (Wildman–Crippen MR) is 74.2 cm³/mol. The minimum atomic E-state index is -0.213. The van der Waals surface area contributed by atoms with Gasteiger partial charge < -0.3 is 9.88 Å². The van der Waals surface area contributed by atoms with E-state index in [2.05, 4.69) is 20.9 Å². The number of rotatable bonds is 3. The molecule has 4 nitrogen and oxygen atoms in total. The number of nitrogens with zero attached hydrogens (tertiary/aromatic N) is 1. The van der Waals surface area contributed by atoms with E-state index in [4.69, 9.17) is 0 Å². The van der Waals surface area contributed by atoms with Gasteiger partial charge in [-0.25, -0.2) is 0 Å². The lowest BCUT2D eigenvalue weighted by Crippen LogP contribution is -2.39. The predicted octanol–water partition coefficient (Wildman–Crippen LogP) is 1.93. The van der Waals surface area contributed by atoms with E-state index in [1.807, 2.05) is 0 Å². The number of alkyl halides is 1. The Morgan fingerprint density at radius 1 is 1.56 bits per heavy atom. The SMILES string of the molecule is Cc1cc(=O)c(C(=O)N(C)CC2CC(Br)C2)c[nH]1. The second kappa shape index (κ2) is 5.26. The number of H-pyrrole nitrogens is 1. The van der Waals surface area contributed by atoms with E-state index < -0.39 is 0 Å². The molecule has 0 aromatic carbocycles. The van der Waals surface area contributed by atoms with Crippen LogP contribution >= 0.6 is 15.9 Å². The third-order valence-corrected chi connectivity index (χ3v) is 4.09. The molecular weight excluding hydrogens is 296 g/mol. The van der Waals surface area contributed by atoms with Gasteiger partial charge in [0.25, 0.3) is 5.91 Å². The molecule has 1 aliphatic rings. The highest BCUT2D eigenvalue weighted by atomic mass is 79.9. The summed E-state index contributed by atoms with van der Waals surface area (Å²) in [7, 11) is 1.75. The molecule has 1 aromatic rings. The molecule has 0 spiro atoms. The molecule has 2 rings (SSSR count). The number of aromatic nitrogens is 1. The summed E-state index contributed by atoms with van der Waals surface area (Å²) in [6.45, 7) is 2.51. The zero-order valence-electron chi connectivity index (χ0n) is 10.6. The number of aryl methyl sites for hydroxylation is 1. The molecule has 0 atom stereocenters. The molecule has 1 aromatic heterocycles. The van der Waals surface area contributed by atoms with Crippen molar-refractivity contribution >= 4 is 21.8 Å². The number of halogens is 1. The summed E-state index contributed by atoms with van der Waals surface area (Å²) >= 11 is 3.53. The normalized spacial score (nSPS) is 22.4. The van der Waals surface area contributed by atoms with Crippen LogP contribution in [-0.4, -0.2) is 34.2 Å².